The van der Waals surface area contributed by atoms with E-state index in [1.807, 2.05) is 13.8 Å². The molecule has 0 aromatic heterocycles. The molecule has 0 radical (unpaired) electrons. The summed E-state index contributed by atoms with van der Waals surface area (Å²) in [4.78, 5) is 3.94. The lowest BCUT2D eigenvalue weighted by molar-refractivity contribution is 0.630. The van der Waals surface area contributed by atoms with Gasteiger partial charge < -0.3 is 0 Å². The Morgan fingerprint density at radius 2 is 2.14 bits per heavy atom. The molecule has 0 aliphatic carbocycles. The van der Waals surface area contributed by atoms with E-state index in [1.165, 1.54) is 6.07 Å². The molecule has 1 aromatic carbocycles. The van der Waals surface area contributed by atoms with Gasteiger partial charge in [-0.25, -0.2) is 4.39 Å². The van der Waals surface area contributed by atoms with E-state index in [-0.39, 0.29) is 5.69 Å². The minimum absolute atomic E-state index is 0.187. The second kappa shape index (κ2) is 4.91. The normalized spacial score (nSPS) is 10.6. The highest BCUT2D eigenvalue weighted by Crippen LogP contribution is 2.27. The Morgan fingerprint density at radius 1 is 1.43 bits per heavy atom. The fraction of sp³-hybridized carbons (Fsp3) is 0.182. The molecular formula is C11H11ClFN. The molecule has 0 bridgehead atoms. The van der Waals surface area contributed by atoms with Crippen LogP contribution in [0.15, 0.2) is 34.8 Å². The summed E-state index contributed by atoms with van der Waals surface area (Å²) in [5, 5.41) is 0.323. The lowest BCUT2D eigenvalue weighted by atomic mass is 10.3. The van der Waals surface area contributed by atoms with E-state index in [9.17, 15) is 4.39 Å². The summed E-state index contributed by atoms with van der Waals surface area (Å²) in [5.41, 5.74) is 1.29. The smallest absolute Gasteiger partial charge is 0.150 e. The Labute approximate surface area is 87.9 Å². The summed E-state index contributed by atoms with van der Waals surface area (Å²) >= 11 is 5.77. The molecule has 1 nitrogen and oxygen atoms in total. The number of hydrogen-bond donors (Lipinski definition) is 0. The van der Waals surface area contributed by atoms with Crippen LogP contribution in [0.5, 0.6) is 0 Å². The molecule has 0 aliphatic heterocycles. The molecule has 0 amide bonds. The van der Waals surface area contributed by atoms with Crippen LogP contribution in [-0.4, -0.2) is 6.21 Å². The van der Waals surface area contributed by atoms with Crippen molar-refractivity contribution in [3.8, 4) is 0 Å². The zero-order valence-corrected chi connectivity index (χ0v) is 8.85. The lowest BCUT2D eigenvalue weighted by Gasteiger charge is -1.97. The van der Waals surface area contributed by atoms with Crippen LogP contribution in [0.25, 0.3) is 0 Å². The molecule has 0 saturated heterocycles. The van der Waals surface area contributed by atoms with Crippen molar-refractivity contribution in [1.82, 2.24) is 0 Å². The third-order valence-electron chi connectivity index (χ3n) is 1.55. The average Bonchev–Trinajstić information content (AvgIpc) is 2.09. The first-order valence-electron chi connectivity index (χ1n) is 4.23. The van der Waals surface area contributed by atoms with E-state index in [0.29, 0.717) is 5.02 Å². The van der Waals surface area contributed by atoms with E-state index < -0.39 is 5.82 Å². The topological polar surface area (TPSA) is 12.4 Å². The number of allylic oxidation sites excluding steroid dienone is 2. The summed E-state index contributed by atoms with van der Waals surface area (Å²) in [6, 6.07) is 4.50. The van der Waals surface area contributed by atoms with E-state index in [0.717, 1.165) is 5.57 Å². The highest BCUT2D eigenvalue weighted by Gasteiger charge is 2.02. The van der Waals surface area contributed by atoms with E-state index in [1.54, 1.807) is 24.4 Å². The molecule has 74 valence electrons. The Kier molecular flexibility index (Phi) is 3.84. The molecule has 0 atom stereocenters. The number of hydrogen-bond acceptors (Lipinski definition) is 1. The highest BCUT2D eigenvalue weighted by atomic mass is 35.5. The Morgan fingerprint density at radius 3 is 2.71 bits per heavy atom. The van der Waals surface area contributed by atoms with Crippen molar-refractivity contribution in [2.24, 2.45) is 4.99 Å². The Bertz CT molecular complexity index is 359. The van der Waals surface area contributed by atoms with Crippen molar-refractivity contribution in [2.45, 2.75) is 13.8 Å². The molecule has 0 saturated carbocycles. The van der Waals surface area contributed by atoms with E-state index >= 15 is 0 Å². The van der Waals surface area contributed by atoms with Crippen LogP contribution in [0.4, 0.5) is 10.1 Å². The standard InChI is InChI=1S/C11H11ClFN/c1-8(2)6-7-14-11-9(12)4-3-5-10(11)13/h3-7H,1-2H3. The van der Waals surface area contributed by atoms with Crippen molar-refractivity contribution in [3.63, 3.8) is 0 Å². The fourth-order valence-electron chi connectivity index (χ4n) is 0.873. The molecule has 0 heterocycles. The van der Waals surface area contributed by atoms with Gasteiger partial charge in [0.1, 0.15) is 11.5 Å². The number of para-hydroxylation sites is 1. The molecule has 0 spiro atoms. The molecular weight excluding hydrogens is 201 g/mol. The van der Waals surface area contributed by atoms with Crippen molar-refractivity contribution in [3.05, 3.63) is 40.7 Å². The third-order valence-corrected chi connectivity index (χ3v) is 1.85. The van der Waals surface area contributed by atoms with Gasteiger partial charge in [0.25, 0.3) is 0 Å². The molecule has 0 fully saturated rings. The zero-order chi connectivity index (χ0) is 10.6. The molecule has 0 aliphatic rings. The summed E-state index contributed by atoms with van der Waals surface area (Å²) in [5.74, 6) is -0.407. The average molecular weight is 212 g/mol. The van der Waals surface area contributed by atoms with Gasteiger partial charge in [-0.15, -0.1) is 0 Å². The number of rotatable bonds is 2. The van der Waals surface area contributed by atoms with Gasteiger partial charge in [0.05, 0.1) is 5.02 Å². The van der Waals surface area contributed by atoms with Gasteiger partial charge in [0.15, 0.2) is 0 Å². The summed E-state index contributed by atoms with van der Waals surface area (Å²) in [6.07, 6.45) is 3.34. The first-order chi connectivity index (χ1) is 6.61. The van der Waals surface area contributed by atoms with Crippen LogP contribution < -0.4 is 0 Å². The van der Waals surface area contributed by atoms with Crippen molar-refractivity contribution in [1.29, 1.82) is 0 Å². The molecule has 3 heteroatoms. The van der Waals surface area contributed by atoms with Crippen molar-refractivity contribution in [2.75, 3.05) is 0 Å². The highest BCUT2D eigenvalue weighted by molar-refractivity contribution is 6.33. The fourth-order valence-corrected chi connectivity index (χ4v) is 1.09. The largest absolute Gasteiger partial charge is 0.252 e. The first kappa shape index (κ1) is 10.9. The van der Waals surface area contributed by atoms with Gasteiger partial charge in [-0.3, -0.25) is 4.99 Å². The van der Waals surface area contributed by atoms with Crippen molar-refractivity contribution < 1.29 is 4.39 Å². The van der Waals surface area contributed by atoms with Crippen LogP contribution in [0.3, 0.4) is 0 Å². The quantitative estimate of drug-likeness (QED) is 0.652. The summed E-state index contributed by atoms with van der Waals surface area (Å²) in [7, 11) is 0. The van der Waals surface area contributed by atoms with Gasteiger partial charge in [-0.05, 0) is 32.1 Å². The first-order valence-corrected chi connectivity index (χ1v) is 4.60. The van der Waals surface area contributed by atoms with Gasteiger partial charge in [0, 0.05) is 6.21 Å². The van der Waals surface area contributed by atoms with Crippen LogP contribution in [0, 0.1) is 5.82 Å². The van der Waals surface area contributed by atoms with E-state index in [4.69, 9.17) is 11.6 Å². The lowest BCUT2D eigenvalue weighted by Crippen LogP contribution is -1.77. The monoisotopic (exact) mass is 211 g/mol. The second-order valence-electron chi connectivity index (χ2n) is 3.09. The maximum atomic E-state index is 13.2. The molecule has 1 aromatic rings. The Balaban J connectivity index is 2.97. The second-order valence-corrected chi connectivity index (χ2v) is 3.50. The molecule has 14 heavy (non-hydrogen) atoms. The minimum atomic E-state index is -0.407. The van der Waals surface area contributed by atoms with Gasteiger partial charge in [-0.1, -0.05) is 23.2 Å². The minimum Gasteiger partial charge on any atom is -0.252 e. The molecule has 1 rings (SSSR count). The maximum absolute atomic E-state index is 13.2. The van der Waals surface area contributed by atoms with Gasteiger partial charge >= 0.3 is 0 Å². The number of benzene rings is 1. The predicted molar refractivity (Wildman–Crippen MR) is 59.0 cm³/mol. The van der Waals surface area contributed by atoms with Gasteiger partial charge in [-0.2, -0.15) is 0 Å². The summed E-state index contributed by atoms with van der Waals surface area (Å²) < 4.78 is 13.2. The van der Waals surface area contributed by atoms with Crippen LogP contribution in [0.2, 0.25) is 5.02 Å². The Hall–Kier alpha value is -1.15. The number of nitrogens with zero attached hydrogens (tertiary/aromatic N) is 1. The van der Waals surface area contributed by atoms with Crippen LogP contribution in [0.1, 0.15) is 13.8 Å². The summed E-state index contributed by atoms with van der Waals surface area (Å²) in [6.45, 7) is 3.88. The van der Waals surface area contributed by atoms with E-state index in [2.05, 4.69) is 4.99 Å². The SMILES string of the molecule is CC(C)=CC=Nc1c(F)cccc1Cl. The van der Waals surface area contributed by atoms with Crippen molar-refractivity contribution >= 4 is 23.5 Å². The zero-order valence-electron chi connectivity index (χ0n) is 8.09. The molecule has 0 unspecified atom stereocenters. The third kappa shape index (κ3) is 2.96. The number of halogens is 2. The maximum Gasteiger partial charge on any atom is 0.150 e. The predicted octanol–water partition coefficient (Wildman–Crippen LogP) is 4.15. The van der Waals surface area contributed by atoms with Crippen LogP contribution >= 0.6 is 11.6 Å². The van der Waals surface area contributed by atoms with Gasteiger partial charge in [0.2, 0.25) is 0 Å². The van der Waals surface area contributed by atoms with Crippen LogP contribution in [-0.2, 0) is 0 Å². The number of aliphatic imine (C=N–C) groups is 1. The molecule has 0 N–H and O–H groups in total.